The van der Waals surface area contributed by atoms with E-state index in [2.05, 4.69) is 87.5 Å². The van der Waals surface area contributed by atoms with E-state index in [1.807, 2.05) is 6.07 Å². The van der Waals surface area contributed by atoms with Gasteiger partial charge >= 0.3 is 6.18 Å². The van der Waals surface area contributed by atoms with Gasteiger partial charge in [0.1, 0.15) is 22.4 Å². The molecule has 0 aliphatic carbocycles. The molecule has 0 spiro atoms. The van der Waals surface area contributed by atoms with Crippen molar-refractivity contribution in [1.82, 2.24) is 29.2 Å². The minimum Gasteiger partial charge on any atom is -0.368 e. The van der Waals surface area contributed by atoms with Crippen molar-refractivity contribution in [3.8, 4) is 6.07 Å². The largest absolute Gasteiger partial charge is 0.393 e. The molecule has 3 N–H and O–H groups in total. The highest BCUT2D eigenvalue weighted by Gasteiger charge is 2.31. The van der Waals surface area contributed by atoms with Gasteiger partial charge in [-0.2, -0.15) is 23.4 Å². The van der Waals surface area contributed by atoms with Gasteiger partial charge in [-0.05, 0) is 76.9 Å². The molecule has 252 valence electrons. The fourth-order valence-electron chi connectivity index (χ4n) is 7.22. The van der Waals surface area contributed by atoms with Crippen LogP contribution in [0.4, 0.5) is 24.9 Å². The topological polar surface area (TPSA) is 102 Å². The van der Waals surface area contributed by atoms with Gasteiger partial charge in [0.15, 0.2) is 0 Å². The monoisotopic (exact) mass is 667 g/mol. The predicted octanol–water partition coefficient (Wildman–Crippen LogP) is 6.00. The number of benzene rings is 1. The van der Waals surface area contributed by atoms with Crippen molar-refractivity contribution < 1.29 is 13.2 Å². The molecule has 0 radical (unpaired) electrons. The van der Waals surface area contributed by atoms with E-state index in [9.17, 15) is 18.4 Å². The van der Waals surface area contributed by atoms with Gasteiger partial charge in [0.05, 0.1) is 11.8 Å². The summed E-state index contributed by atoms with van der Waals surface area (Å²) in [4.78, 5) is 16.6. The molecule has 0 bridgehead atoms. The maximum Gasteiger partial charge on any atom is 0.393 e. The Labute approximate surface area is 278 Å². The van der Waals surface area contributed by atoms with Crippen LogP contribution in [0, 0.1) is 18.3 Å². The molecule has 3 atom stereocenters. The Morgan fingerprint density at radius 2 is 1.81 bits per heavy atom. The van der Waals surface area contributed by atoms with E-state index in [0.29, 0.717) is 39.9 Å². The van der Waals surface area contributed by atoms with Crippen molar-refractivity contribution in [1.29, 1.82) is 5.26 Å². The highest BCUT2D eigenvalue weighted by atomic mass is 32.1. The molecule has 5 heterocycles. The normalized spacial score (nSPS) is 21.4. The highest BCUT2D eigenvalue weighted by Crippen LogP contribution is 2.34. The Kier molecular flexibility index (Phi) is 9.41. The lowest BCUT2D eigenvalue weighted by molar-refractivity contribution is -0.126. The molecule has 3 aromatic heterocycles. The lowest BCUT2D eigenvalue weighted by Gasteiger charge is -2.45. The first kappa shape index (κ1) is 33.5. The van der Waals surface area contributed by atoms with Crippen LogP contribution in [0.25, 0.3) is 21.1 Å². The summed E-state index contributed by atoms with van der Waals surface area (Å²) >= 11 is 1.01. The average Bonchev–Trinajstić information content (AvgIpc) is 3.57. The first-order chi connectivity index (χ1) is 22.3. The van der Waals surface area contributed by atoms with Crippen LogP contribution in [-0.4, -0.2) is 92.8 Å². The van der Waals surface area contributed by atoms with Crippen LogP contribution in [0.3, 0.4) is 0 Å². The number of nitriles is 1. The van der Waals surface area contributed by atoms with Gasteiger partial charge in [-0.25, -0.2) is 4.98 Å². The van der Waals surface area contributed by atoms with E-state index in [4.69, 9.17) is 5.73 Å². The Bertz CT molecular complexity index is 1770. The smallest absolute Gasteiger partial charge is 0.368 e. The van der Waals surface area contributed by atoms with Gasteiger partial charge in [-0.1, -0.05) is 6.07 Å². The summed E-state index contributed by atoms with van der Waals surface area (Å²) in [6.07, 6.45) is -3.55. The van der Waals surface area contributed by atoms with Gasteiger partial charge in [-0.15, -0.1) is 11.3 Å². The van der Waals surface area contributed by atoms with Crippen molar-refractivity contribution in [2.24, 2.45) is 0 Å². The van der Waals surface area contributed by atoms with Crippen LogP contribution in [0.5, 0.6) is 0 Å². The third-order valence-corrected chi connectivity index (χ3v) is 11.2. The number of nitrogen functional groups attached to an aromatic ring is 1. The van der Waals surface area contributed by atoms with Crippen LogP contribution >= 0.6 is 11.3 Å². The molecule has 2 aliphatic rings. The van der Waals surface area contributed by atoms with E-state index in [0.717, 1.165) is 74.3 Å². The highest BCUT2D eigenvalue weighted by molar-refractivity contribution is 7.18. The Morgan fingerprint density at radius 1 is 1.11 bits per heavy atom. The summed E-state index contributed by atoms with van der Waals surface area (Å²) in [6.45, 7) is 14.3. The molecule has 0 saturated carbocycles. The fraction of sp³-hybridized carbons (Fsp3) is 0.559. The molecule has 4 aromatic rings. The summed E-state index contributed by atoms with van der Waals surface area (Å²) in [7, 11) is 2.20. The molecule has 2 unspecified atom stereocenters. The zero-order chi connectivity index (χ0) is 33.6. The van der Waals surface area contributed by atoms with Crippen molar-refractivity contribution in [2.75, 3.05) is 44.3 Å². The lowest BCUT2D eigenvalue weighted by Crippen LogP contribution is -2.57. The van der Waals surface area contributed by atoms with E-state index >= 15 is 0 Å². The molecular weight excluding hydrogens is 623 g/mol. The number of fused-ring (bicyclic) bond motifs is 2. The first-order valence-electron chi connectivity index (χ1n) is 16.4. The molecule has 47 heavy (non-hydrogen) atoms. The Hall–Kier alpha value is -3.44. The number of nitrogens with zero attached hydrogens (tertiary/aromatic N) is 7. The molecule has 6 rings (SSSR count). The minimum atomic E-state index is -4.29. The number of nitrogens with two attached hydrogens (primary N) is 1. The van der Waals surface area contributed by atoms with E-state index < -0.39 is 12.6 Å². The molecule has 0 amide bonds. The van der Waals surface area contributed by atoms with E-state index in [1.165, 1.54) is 17.2 Å². The summed E-state index contributed by atoms with van der Waals surface area (Å²) in [6, 6.07) is 11.8. The number of thiophene rings is 1. The predicted molar refractivity (Wildman–Crippen MR) is 183 cm³/mol. The third-order valence-electron chi connectivity index (χ3n) is 10.2. The number of halogens is 3. The summed E-state index contributed by atoms with van der Waals surface area (Å²) in [5, 5.41) is 15.2. The molecule has 13 heteroatoms. The molecule has 1 aromatic carbocycles. The second-order valence-electron chi connectivity index (χ2n) is 13.5. The number of piperazine rings is 1. The quantitative estimate of drug-likeness (QED) is 0.236. The average molecular weight is 668 g/mol. The van der Waals surface area contributed by atoms with Crippen molar-refractivity contribution in [3.05, 3.63) is 46.0 Å². The second kappa shape index (κ2) is 13.2. The van der Waals surface area contributed by atoms with Crippen LogP contribution in [0.1, 0.15) is 55.3 Å². The van der Waals surface area contributed by atoms with Gasteiger partial charge in [0.25, 0.3) is 0 Å². The summed E-state index contributed by atoms with van der Waals surface area (Å²) in [5.41, 5.74) is 10.2. The van der Waals surface area contributed by atoms with Crippen molar-refractivity contribution in [3.63, 3.8) is 0 Å². The Morgan fingerprint density at radius 3 is 2.47 bits per heavy atom. The Balaban J connectivity index is 1.11. The van der Waals surface area contributed by atoms with E-state index in [1.54, 1.807) is 0 Å². The van der Waals surface area contributed by atoms with Gasteiger partial charge in [0, 0.05) is 79.2 Å². The minimum absolute atomic E-state index is 0.0510. The van der Waals surface area contributed by atoms with Gasteiger partial charge in [-0.3, -0.25) is 14.7 Å². The maximum atomic E-state index is 13.0. The second-order valence-corrected chi connectivity index (χ2v) is 14.7. The van der Waals surface area contributed by atoms with Crippen LogP contribution in [0.15, 0.2) is 24.3 Å². The maximum absolute atomic E-state index is 13.0. The lowest BCUT2D eigenvalue weighted by atomic mass is 10.0. The number of hydrogen-bond donors (Lipinski definition) is 2. The number of rotatable bonds is 8. The first-order valence-corrected chi connectivity index (χ1v) is 17.2. The van der Waals surface area contributed by atoms with Gasteiger partial charge in [0.2, 0.25) is 5.95 Å². The number of aromatic nitrogens is 3. The van der Waals surface area contributed by atoms with E-state index in [-0.39, 0.29) is 16.9 Å². The number of hydrogen-bond acceptors (Lipinski definition) is 9. The third kappa shape index (κ3) is 7.21. The molecule has 2 fully saturated rings. The zero-order valence-electron chi connectivity index (χ0n) is 27.7. The zero-order valence-corrected chi connectivity index (χ0v) is 28.5. The number of nitrogens with one attached hydrogen (secondary N) is 1. The number of alkyl halides is 3. The molecular formula is C34H44F3N9S. The number of aryl methyl sites for hydroxylation is 1. The van der Waals surface area contributed by atoms with Crippen LogP contribution in [-0.2, 0) is 19.5 Å². The summed E-state index contributed by atoms with van der Waals surface area (Å²) in [5.74, 6) is 0.552. The number of likely N-dealkylation sites (tertiary alicyclic amines) is 1. The number of anilines is 2. The van der Waals surface area contributed by atoms with Gasteiger partial charge < -0.3 is 15.6 Å². The number of piperidine rings is 1. The van der Waals surface area contributed by atoms with Crippen LogP contribution < -0.4 is 11.1 Å². The SMILES string of the molecule is Cc1c(CN2CCC(Nc3nc(N)nc4sc(CC(F)(F)F)cc34)CC2)ccc2c1cc(C#N)n2CC(C)N1CC(C)N(C)[C@H](C)C1. The van der Waals surface area contributed by atoms with Crippen LogP contribution in [0.2, 0.25) is 0 Å². The number of likely N-dealkylation sites (N-methyl/N-ethyl adjacent to an activating group) is 1. The molecule has 9 nitrogen and oxygen atoms in total. The standard InChI is InChI=1S/C34H44F3N9S/c1-20-16-45(17-21(2)43(20)5)22(3)18-46-26(15-38)12-28-23(4)24(6-7-30(28)46)19-44-10-8-25(9-11-44)40-31-29-13-27(14-34(35,36)37)47-32(29)42-33(39)41-31/h6-7,12-13,20-22,25H,8-11,14,16-19H2,1-5H3,(H3,39,40,41,42)/t20-,21?,22?/m1/s1. The van der Waals surface area contributed by atoms with Crippen molar-refractivity contribution in [2.45, 2.75) is 90.4 Å². The summed E-state index contributed by atoms with van der Waals surface area (Å²) < 4.78 is 41.2. The van der Waals surface area contributed by atoms with Crippen molar-refractivity contribution >= 4 is 44.2 Å². The fourth-order valence-corrected chi connectivity index (χ4v) is 8.28. The molecule has 2 aliphatic heterocycles. The molecule has 2 saturated heterocycles.